The van der Waals surface area contributed by atoms with Crippen LogP contribution in [0.1, 0.15) is 19.8 Å². The van der Waals surface area contributed by atoms with E-state index < -0.39 is 0 Å². The third-order valence-corrected chi connectivity index (χ3v) is 1.61. The van der Waals surface area contributed by atoms with Gasteiger partial charge < -0.3 is 5.11 Å². The summed E-state index contributed by atoms with van der Waals surface area (Å²) in [5.74, 6) is 0. The van der Waals surface area contributed by atoms with Crippen LogP contribution in [0.3, 0.4) is 0 Å². The fourth-order valence-corrected chi connectivity index (χ4v) is 0.973. The van der Waals surface area contributed by atoms with Gasteiger partial charge in [-0.1, -0.05) is 25.2 Å². The minimum absolute atomic E-state index is 0.208. The SMILES string of the molecule is CCC(O)C1=CC=CC1. The highest BCUT2D eigenvalue weighted by Gasteiger charge is 2.07. The zero-order valence-electron chi connectivity index (χ0n) is 5.67. The molecule has 1 aliphatic carbocycles. The van der Waals surface area contributed by atoms with Crippen molar-refractivity contribution in [3.63, 3.8) is 0 Å². The van der Waals surface area contributed by atoms with Gasteiger partial charge >= 0.3 is 0 Å². The molecule has 1 N–H and O–H groups in total. The quantitative estimate of drug-likeness (QED) is 0.593. The van der Waals surface area contributed by atoms with E-state index in [1.165, 1.54) is 0 Å². The van der Waals surface area contributed by atoms with Gasteiger partial charge in [-0.3, -0.25) is 0 Å². The summed E-state index contributed by atoms with van der Waals surface area (Å²) in [6, 6.07) is 0. The van der Waals surface area contributed by atoms with Crippen molar-refractivity contribution in [3.8, 4) is 0 Å². The Balaban J connectivity index is 2.45. The van der Waals surface area contributed by atoms with Crippen LogP contribution in [0.25, 0.3) is 0 Å². The van der Waals surface area contributed by atoms with Crippen molar-refractivity contribution in [3.05, 3.63) is 23.8 Å². The maximum absolute atomic E-state index is 9.25. The minimum atomic E-state index is -0.208. The Labute approximate surface area is 55.7 Å². The number of hydrogen-bond acceptors (Lipinski definition) is 1. The molecule has 50 valence electrons. The van der Waals surface area contributed by atoms with E-state index in [0.29, 0.717) is 0 Å². The summed E-state index contributed by atoms with van der Waals surface area (Å²) in [5, 5.41) is 9.25. The second-order valence-electron chi connectivity index (χ2n) is 2.30. The van der Waals surface area contributed by atoms with Gasteiger partial charge in [0.05, 0.1) is 6.10 Å². The number of allylic oxidation sites excluding steroid dienone is 3. The molecule has 0 fully saturated rings. The Morgan fingerprint density at radius 3 is 3.00 bits per heavy atom. The van der Waals surface area contributed by atoms with Gasteiger partial charge in [0.1, 0.15) is 0 Å². The van der Waals surface area contributed by atoms with Gasteiger partial charge in [0.25, 0.3) is 0 Å². The molecule has 0 aliphatic heterocycles. The first kappa shape index (κ1) is 6.56. The number of rotatable bonds is 2. The molecule has 0 bridgehead atoms. The van der Waals surface area contributed by atoms with Crippen LogP contribution in [0.5, 0.6) is 0 Å². The van der Waals surface area contributed by atoms with Crippen molar-refractivity contribution in [1.29, 1.82) is 0 Å². The first-order valence-electron chi connectivity index (χ1n) is 3.38. The van der Waals surface area contributed by atoms with Crippen molar-refractivity contribution in [1.82, 2.24) is 0 Å². The van der Waals surface area contributed by atoms with Gasteiger partial charge in [-0.05, 0) is 18.4 Å². The predicted molar refractivity (Wildman–Crippen MR) is 38.1 cm³/mol. The van der Waals surface area contributed by atoms with E-state index in [2.05, 4.69) is 6.08 Å². The van der Waals surface area contributed by atoms with Crippen molar-refractivity contribution in [2.75, 3.05) is 0 Å². The van der Waals surface area contributed by atoms with E-state index in [-0.39, 0.29) is 6.10 Å². The Kier molecular flexibility index (Phi) is 2.06. The zero-order chi connectivity index (χ0) is 6.69. The number of aliphatic hydroxyl groups excluding tert-OH is 1. The third kappa shape index (κ3) is 1.42. The molecule has 0 aromatic carbocycles. The summed E-state index contributed by atoms with van der Waals surface area (Å²) in [6.45, 7) is 1.99. The van der Waals surface area contributed by atoms with Gasteiger partial charge in [-0.25, -0.2) is 0 Å². The fraction of sp³-hybridized carbons (Fsp3) is 0.500. The molecule has 0 radical (unpaired) electrons. The molecular formula is C8H12O. The van der Waals surface area contributed by atoms with Crippen LogP contribution in [0, 0.1) is 0 Å². The van der Waals surface area contributed by atoms with Gasteiger partial charge in [0.15, 0.2) is 0 Å². The van der Waals surface area contributed by atoms with E-state index in [0.717, 1.165) is 18.4 Å². The van der Waals surface area contributed by atoms with Crippen LogP contribution in [0.2, 0.25) is 0 Å². The highest BCUT2D eigenvalue weighted by Crippen LogP contribution is 2.15. The van der Waals surface area contributed by atoms with E-state index in [1.54, 1.807) is 0 Å². The molecule has 0 saturated heterocycles. The first-order valence-corrected chi connectivity index (χ1v) is 3.38. The van der Waals surface area contributed by atoms with Crippen LogP contribution in [-0.2, 0) is 0 Å². The lowest BCUT2D eigenvalue weighted by Gasteiger charge is -2.06. The minimum Gasteiger partial charge on any atom is -0.389 e. The lowest BCUT2D eigenvalue weighted by Crippen LogP contribution is -2.06. The second kappa shape index (κ2) is 2.83. The molecule has 9 heavy (non-hydrogen) atoms. The maximum Gasteiger partial charge on any atom is 0.0753 e. The summed E-state index contributed by atoms with van der Waals surface area (Å²) in [4.78, 5) is 0. The molecule has 0 heterocycles. The van der Waals surface area contributed by atoms with Crippen molar-refractivity contribution >= 4 is 0 Å². The van der Waals surface area contributed by atoms with Gasteiger partial charge in [-0.15, -0.1) is 0 Å². The number of aliphatic hydroxyl groups is 1. The molecule has 1 aliphatic rings. The lowest BCUT2D eigenvalue weighted by atomic mass is 10.1. The van der Waals surface area contributed by atoms with Crippen molar-refractivity contribution < 1.29 is 5.11 Å². The summed E-state index contributed by atoms with van der Waals surface area (Å²) < 4.78 is 0. The van der Waals surface area contributed by atoms with Crippen LogP contribution < -0.4 is 0 Å². The van der Waals surface area contributed by atoms with Gasteiger partial charge in [0, 0.05) is 0 Å². The lowest BCUT2D eigenvalue weighted by molar-refractivity contribution is 0.205. The molecule has 0 aromatic rings. The van der Waals surface area contributed by atoms with Crippen LogP contribution in [0.4, 0.5) is 0 Å². The van der Waals surface area contributed by atoms with Crippen molar-refractivity contribution in [2.24, 2.45) is 0 Å². The molecule has 0 amide bonds. The average molecular weight is 124 g/mol. The van der Waals surface area contributed by atoms with E-state index in [1.807, 2.05) is 19.1 Å². The molecule has 1 atom stereocenters. The molecule has 0 saturated carbocycles. The molecule has 1 rings (SSSR count). The summed E-state index contributed by atoms with van der Waals surface area (Å²) in [7, 11) is 0. The third-order valence-electron chi connectivity index (χ3n) is 1.61. The summed E-state index contributed by atoms with van der Waals surface area (Å²) in [6.07, 6.45) is 7.61. The molecule has 1 nitrogen and oxygen atoms in total. The largest absolute Gasteiger partial charge is 0.389 e. The van der Waals surface area contributed by atoms with E-state index in [9.17, 15) is 5.11 Å². The molecule has 0 aromatic heterocycles. The smallest absolute Gasteiger partial charge is 0.0753 e. The highest BCUT2D eigenvalue weighted by molar-refractivity contribution is 5.25. The summed E-state index contributed by atoms with van der Waals surface area (Å²) >= 11 is 0. The van der Waals surface area contributed by atoms with E-state index >= 15 is 0 Å². The van der Waals surface area contributed by atoms with Crippen LogP contribution in [-0.4, -0.2) is 11.2 Å². The molecular weight excluding hydrogens is 112 g/mol. The Bertz CT molecular complexity index is 145. The average Bonchev–Trinajstić information content (AvgIpc) is 2.37. The molecule has 1 unspecified atom stereocenters. The normalized spacial score (nSPS) is 20.0. The van der Waals surface area contributed by atoms with Gasteiger partial charge in [-0.2, -0.15) is 0 Å². The van der Waals surface area contributed by atoms with Crippen LogP contribution >= 0.6 is 0 Å². The standard InChI is InChI=1S/C8H12O/c1-2-8(9)7-5-3-4-6-7/h3-5,8-9H,2,6H2,1H3. The fourth-order valence-electron chi connectivity index (χ4n) is 0.973. The van der Waals surface area contributed by atoms with Crippen molar-refractivity contribution in [2.45, 2.75) is 25.9 Å². The number of hydrogen-bond donors (Lipinski definition) is 1. The molecule has 0 spiro atoms. The first-order chi connectivity index (χ1) is 4.34. The maximum atomic E-state index is 9.25. The Morgan fingerprint density at radius 2 is 2.56 bits per heavy atom. The second-order valence-corrected chi connectivity index (χ2v) is 2.30. The topological polar surface area (TPSA) is 20.2 Å². The molecule has 1 heteroatoms. The monoisotopic (exact) mass is 124 g/mol. The van der Waals surface area contributed by atoms with E-state index in [4.69, 9.17) is 0 Å². The Morgan fingerprint density at radius 1 is 1.78 bits per heavy atom. The highest BCUT2D eigenvalue weighted by atomic mass is 16.3. The summed E-state index contributed by atoms with van der Waals surface area (Å²) in [5.41, 5.74) is 1.15. The van der Waals surface area contributed by atoms with Gasteiger partial charge in [0.2, 0.25) is 0 Å². The Hall–Kier alpha value is -0.560. The predicted octanol–water partition coefficient (Wildman–Crippen LogP) is 1.64. The zero-order valence-corrected chi connectivity index (χ0v) is 5.67. The van der Waals surface area contributed by atoms with Crippen LogP contribution in [0.15, 0.2) is 23.8 Å².